The second kappa shape index (κ2) is 16.5. The highest BCUT2D eigenvalue weighted by molar-refractivity contribution is 7.85. The maximum absolute atomic E-state index is 14.4. The third-order valence-corrected chi connectivity index (χ3v) is 10.2. The summed E-state index contributed by atoms with van der Waals surface area (Å²) in [5.41, 5.74) is 2.89. The van der Waals surface area contributed by atoms with Crippen LogP contribution in [0.1, 0.15) is 70.9 Å². The molecule has 15 heteroatoms. The van der Waals surface area contributed by atoms with Gasteiger partial charge in [-0.3, -0.25) is 14.1 Å². The van der Waals surface area contributed by atoms with Crippen LogP contribution in [0.2, 0.25) is 0 Å². The molecule has 0 unspecified atom stereocenters. The van der Waals surface area contributed by atoms with Crippen LogP contribution >= 0.6 is 0 Å². The minimum atomic E-state index is -4.01. The van der Waals surface area contributed by atoms with E-state index in [1.807, 2.05) is 44.4 Å². The number of amides is 2. The van der Waals surface area contributed by atoms with Gasteiger partial charge in [0.1, 0.15) is 23.8 Å². The molecule has 0 radical (unpaired) electrons. The topological polar surface area (TPSA) is 167 Å². The van der Waals surface area contributed by atoms with Gasteiger partial charge in [0.15, 0.2) is 0 Å². The second-order valence-electron chi connectivity index (χ2n) is 14.1. The number of hydrogen-bond acceptors (Lipinski definition) is 10. The summed E-state index contributed by atoms with van der Waals surface area (Å²) in [4.78, 5) is 56.4. The fourth-order valence-corrected chi connectivity index (χ4v) is 7.21. The number of hydrogen-bond donors (Lipinski definition) is 1. The molecule has 1 aliphatic rings. The number of pyridine rings is 1. The molecule has 1 aromatic heterocycles. The highest BCUT2D eigenvalue weighted by Crippen LogP contribution is 2.33. The van der Waals surface area contributed by atoms with Crippen molar-refractivity contribution in [2.24, 2.45) is 0 Å². The zero-order valence-corrected chi connectivity index (χ0v) is 32.3. The lowest BCUT2D eigenvalue weighted by Gasteiger charge is -2.29. The van der Waals surface area contributed by atoms with Crippen molar-refractivity contribution in [2.45, 2.75) is 59.4 Å². The fraction of sp³-hybridized carbons (Fsp3) is 0.410. The highest BCUT2D eigenvalue weighted by Gasteiger charge is 2.34. The summed E-state index contributed by atoms with van der Waals surface area (Å²) >= 11 is 0. The van der Waals surface area contributed by atoms with Crippen molar-refractivity contribution in [3.63, 3.8) is 0 Å². The van der Waals surface area contributed by atoms with E-state index in [-0.39, 0.29) is 29.9 Å². The predicted molar refractivity (Wildman–Crippen MR) is 199 cm³/mol. The first-order valence-electron chi connectivity index (χ1n) is 17.8. The lowest BCUT2D eigenvalue weighted by atomic mass is 10.0. The van der Waals surface area contributed by atoms with Crippen LogP contribution in [0.4, 0.5) is 0 Å². The van der Waals surface area contributed by atoms with Gasteiger partial charge in [-0.15, -0.1) is 5.06 Å². The summed E-state index contributed by atoms with van der Waals surface area (Å²) in [6.07, 6.45) is 1.78. The van der Waals surface area contributed by atoms with Crippen molar-refractivity contribution in [3.05, 3.63) is 70.8 Å². The van der Waals surface area contributed by atoms with E-state index < -0.39 is 33.9 Å². The van der Waals surface area contributed by atoms with Crippen molar-refractivity contribution in [1.82, 2.24) is 5.06 Å². The van der Waals surface area contributed by atoms with E-state index in [9.17, 15) is 27.6 Å². The Balaban J connectivity index is 1.46. The van der Waals surface area contributed by atoms with E-state index in [4.69, 9.17) is 23.6 Å². The fourth-order valence-electron chi connectivity index (χ4n) is 6.71. The number of benzene rings is 3. The largest absolute Gasteiger partial charge is 0.497 e. The summed E-state index contributed by atoms with van der Waals surface area (Å²) in [5.74, 6) is -1.65. The third-order valence-electron chi connectivity index (χ3n) is 9.36. The molecule has 5 rings (SSSR count). The molecule has 2 amide bonds. The van der Waals surface area contributed by atoms with Gasteiger partial charge in [-0.25, -0.2) is 9.59 Å². The predicted octanol–water partition coefficient (Wildman–Crippen LogP) is 4.88. The van der Waals surface area contributed by atoms with Crippen LogP contribution in [0.15, 0.2) is 48.5 Å². The maximum atomic E-state index is 14.4. The van der Waals surface area contributed by atoms with Crippen molar-refractivity contribution in [1.29, 1.82) is 0 Å². The molecule has 1 N–H and O–H groups in total. The first-order chi connectivity index (χ1) is 25.5. The average molecular weight is 766 g/mol. The Bertz CT molecular complexity index is 2200. The first kappa shape index (κ1) is 40.1. The Labute approximate surface area is 314 Å². The van der Waals surface area contributed by atoms with Crippen molar-refractivity contribution < 1.29 is 60.2 Å². The second-order valence-corrected chi connectivity index (χ2v) is 15.7. The molecule has 14 nitrogen and oxygen atoms in total. The van der Waals surface area contributed by atoms with Crippen LogP contribution in [0.5, 0.6) is 17.2 Å². The van der Waals surface area contributed by atoms with Gasteiger partial charge >= 0.3 is 11.9 Å². The number of aromatic nitrogens is 1. The van der Waals surface area contributed by atoms with Crippen LogP contribution in [0.3, 0.4) is 0 Å². The van der Waals surface area contributed by atoms with Gasteiger partial charge in [-0.2, -0.15) is 13.0 Å². The van der Waals surface area contributed by atoms with E-state index in [1.165, 1.54) is 12.1 Å². The molecule has 0 bridgehead atoms. The summed E-state index contributed by atoms with van der Waals surface area (Å²) in [6, 6.07) is 14.1. The van der Waals surface area contributed by atoms with E-state index in [1.54, 1.807) is 27.0 Å². The first-order valence-corrected chi connectivity index (χ1v) is 19.4. The zero-order chi connectivity index (χ0) is 39.4. The Kier molecular flexibility index (Phi) is 12.2. The number of fused-ring (bicyclic) bond motifs is 2. The molecule has 288 valence electrons. The van der Waals surface area contributed by atoms with Gasteiger partial charge in [0.05, 0.1) is 68.6 Å². The monoisotopic (exact) mass is 765 g/mol. The number of carbonyl (C=O) groups is 4. The Hall–Kier alpha value is -5.12. The molecular weight excluding hydrogens is 719 g/mol. The van der Waals surface area contributed by atoms with Gasteiger partial charge in [0, 0.05) is 44.2 Å². The number of ether oxygens (including phenoxy) is 3. The Morgan fingerprint density at radius 2 is 1.44 bits per heavy atom. The number of nitrogens with zero attached hydrogens (tertiary/aromatic N) is 3. The summed E-state index contributed by atoms with van der Waals surface area (Å²) < 4.78 is 51.9. The van der Waals surface area contributed by atoms with Gasteiger partial charge in [0.2, 0.25) is 11.0 Å². The molecule has 1 saturated heterocycles. The molecule has 0 aliphatic carbocycles. The standard InChI is InChI=1S/C39H46N3O11S/c1-7-16-40-32-12-10-28(50-6)23-30(32)36(31-24-29(11-13-33(31)40)51-19-8-17-42(4,5)18-9-20-54(47,48)49)39(46)52-37-25(2)21-27(22-26(37)3)38(45)53-41-34(43)14-15-35(41)44/h10-13,21-24H,7-9,14-20H2,1-6H3/q+1/p+1. The van der Waals surface area contributed by atoms with E-state index in [0.29, 0.717) is 87.6 Å². The minimum absolute atomic E-state index is 0.0262. The van der Waals surface area contributed by atoms with Crippen LogP contribution in [0.25, 0.3) is 21.8 Å². The Morgan fingerprint density at radius 3 is 2.02 bits per heavy atom. The minimum Gasteiger partial charge on any atom is -0.497 e. The van der Waals surface area contributed by atoms with E-state index in [2.05, 4.69) is 11.5 Å². The number of methoxy groups -OCH3 is 1. The molecule has 2 heterocycles. The van der Waals surface area contributed by atoms with Gasteiger partial charge in [-0.1, -0.05) is 6.92 Å². The normalized spacial score (nSPS) is 13.5. The number of rotatable bonds is 16. The third kappa shape index (κ3) is 9.32. The number of carbonyl (C=O) groups excluding carboxylic acids is 4. The van der Waals surface area contributed by atoms with Crippen LogP contribution < -0.4 is 18.8 Å². The summed E-state index contributed by atoms with van der Waals surface area (Å²) in [7, 11) is 1.53. The summed E-state index contributed by atoms with van der Waals surface area (Å²) in [6.45, 7) is 7.75. The Morgan fingerprint density at radius 1 is 0.870 bits per heavy atom. The van der Waals surface area contributed by atoms with Crippen LogP contribution in [-0.2, 0) is 31.1 Å². The van der Waals surface area contributed by atoms with Gasteiger partial charge < -0.3 is 23.5 Å². The zero-order valence-electron chi connectivity index (χ0n) is 31.5. The van der Waals surface area contributed by atoms with Gasteiger partial charge in [0.25, 0.3) is 21.9 Å². The number of imide groups is 1. The van der Waals surface area contributed by atoms with Gasteiger partial charge in [-0.05, 0) is 61.4 Å². The summed E-state index contributed by atoms with van der Waals surface area (Å²) in [5, 5.41) is 1.70. The number of aryl methyl sites for hydroxylation is 3. The average Bonchev–Trinajstić information content (AvgIpc) is 3.42. The lowest BCUT2D eigenvalue weighted by molar-refractivity contribution is -0.890. The molecular formula is C39H47N3O11S+2. The quantitative estimate of drug-likeness (QED) is 0.0242. The highest BCUT2D eigenvalue weighted by atomic mass is 32.2. The maximum Gasteiger partial charge on any atom is 0.363 e. The molecule has 0 spiro atoms. The smallest absolute Gasteiger partial charge is 0.363 e. The van der Waals surface area contributed by atoms with Crippen LogP contribution in [-0.4, -0.2) is 92.9 Å². The molecule has 1 aliphatic heterocycles. The van der Waals surface area contributed by atoms with Crippen molar-refractivity contribution in [3.8, 4) is 17.2 Å². The van der Waals surface area contributed by atoms with Crippen molar-refractivity contribution in [2.75, 3.05) is 46.7 Å². The molecule has 0 saturated carbocycles. The molecule has 0 atom stereocenters. The lowest BCUT2D eigenvalue weighted by Crippen LogP contribution is -2.42. The van der Waals surface area contributed by atoms with Crippen LogP contribution in [0, 0.1) is 13.8 Å². The molecule has 54 heavy (non-hydrogen) atoms. The number of hydroxylamine groups is 2. The van der Waals surface area contributed by atoms with E-state index >= 15 is 0 Å². The molecule has 4 aromatic rings. The number of esters is 1. The number of quaternary nitrogens is 1. The SMILES string of the molecule is CCC[n+]1c2ccc(OC)cc2c(C(=O)Oc2c(C)cc(C(=O)ON3C(=O)CCC3=O)cc2C)c2cc(OCCC[N+](C)(C)CCCS(=O)(=O)O)ccc21. The molecule has 1 fully saturated rings. The molecule has 3 aromatic carbocycles. The van der Waals surface area contributed by atoms with Crippen molar-refractivity contribution >= 4 is 55.7 Å². The van der Waals surface area contributed by atoms with E-state index in [0.717, 1.165) is 17.5 Å².